The molecule has 2 heteroatoms. The van der Waals surface area contributed by atoms with Crippen molar-refractivity contribution in [2.75, 3.05) is 26.3 Å². The predicted molar refractivity (Wildman–Crippen MR) is 47.4 cm³/mol. The maximum Gasteiger partial charge on any atom is 0.0591 e. The lowest BCUT2D eigenvalue weighted by Crippen LogP contribution is -2.20. The third kappa shape index (κ3) is 9.48. The quantitative estimate of drug-likeness (QED) is 0.454. The van der Waals surface area contributed by atoms with Gasteiger partial charge in [-0.15, -0.1) is 6.42 Å². The van der Waals surface area contributed by atoms with Crippen LogP contribution >= 0.6 is 0 Å². The van der Waals surface area contributed by atoms with Gasteiger partial charge in [0.15, 0.2) is 0 Å². The molecule has 0 unspecified atom stereocenters. The van der Waals surface area contributed by atoms with Crippen LogP contribution in [0.3, 0.4) is 0 Å². The molecule has 0 aromatic carbocycles. The van der Waals surface area contributed by atoms with Crippen molar-refractivity contribution < 1.29 is 4.74 Å². The first-order valence-electron chi connectivity index (χ1n) is 3.99. The van der Waals surface area contributed by atoms with Gasteiger partial charge in [0.25, 0.3) is 0 Å². The van der Waals surface area contributed by atoms with Crippen LogP contribution in [0.15, 0.2) is 0 Å². The summed E-state index contributed by atoms with van der Waals surface area (Å²) in [4.78, 5) is 0. The summed E-state index contributed by atoms with van der Waals surface area (Å²) in [5.74, 6) is 3.11. The van der Waals surface area contributed by atoms with Crippen LogP contribution in [0.2, 0.25) is 0 Å². The first-order valence-corrected chi connectivity index (χ1v) is 3.99. The highest BCUT2D eigenvalue weighted by Crippen LogP contribution is 1.90. The standard InChI is InChI=1S/C9H17NO/c1-4-5-10-6-7-11-8-9(2)3/h1,9-10H,5-8H2,2-3H3. The van der Waals surface area contributed by atoms with Gasteiger partial charge >= 0.3 is 0 Å². The van der Waals surface area contributed by atoms with E-state index >= 15 is 0 Å². The van der Waals surface area contributed by atoms with Crippen molar-refractivity contribution in [2.24, 2.45) is 5.92 Å². The number of nitrogens with one attached hydrogen (secondary N) is 1. The molecule has 0 aliphatic heterocycles. The number of rotatable bonds is 6. The normalized spacial score (nSPS) is 10.0. The smallest absolute Gasteiger partial charge is 0.0591 e. The largest absolute Gasteiger partial charge is 0.380 e. The summed E-state index contributed by atoms with van der Waals surface area (Å²) in [7, 11) is 0. The van der Waals surface area contributed by atoms with Gasteiger partial charge in [-0.25, -0.2) is 0 Å². The molecule has 0 radical (unpaired) electrons. The van der Waals surface area contributed by atoms with Crippen molar-refractivity contribution in [1.82, 2.24) is 5.32 Å². The van der Waals surface area contributed by atoms with Crippen molar-refractivity contribution in [2.45, 2.75) is 13.8 Å². The van der Waals surface area contributed by atoms with Gasteiger partial charge in [-0.1, -0.05) is 19.8 Å². The van der Waals surface area contributed by atoms with Gasteiger partial charge in [-0.2, -0.15) is 0 Å². The Morgan fingerprint density at radius 1 is 1.55 bits per heavy atom. The predicted octanol–water partition coefficient (Wildman–Crippen LogP) is 0.882. The summed E-state index contributed by atoms with van der Waals surface area (Å²) in [6.45, 7) is 7.32. The van der Waals surface area contributed by atoms with Crippen LogP contribution in [0.5, 0.6) is 0 Å². The van der Waals surface area contributed by atoms with Gasteiger partial charge in [0.05, 0.1) is 13.2 Å². The molecule has 2 nitrogen and oxygen atoms in total. The molecule has 0 aliphatic carbocycles. The first kappa shape index (κ1) is 10.5. The maximum absolute atomic E-state index is 5.31. The molecular formula is C9H17NO. The van der Waals surface area contributed by atoms with E-state index in [4.69, 9.17) is 11.2 Å². The second-order valence-corrected chi connectivity index (χ2v) is 2.85. The molecule has 0 rings (SSSR count). The minimum Gasteiger partial charge on any atom is -0.380 e. The van der Waals surface area contributed by atoms with Crippen molar-refractivity contribution >= 4 is 0 Å². The van der Waals surface area contributed by atoms with Crippen molar-refractivity contribution in [1.29, 1.82) is 0 Å². The van der Waals surface area contributed by atoms with E-state index < -0.39 is 0 Å². The molecule has 0 fully saturated rings. The summed E-state index contributed by atoms with van der Waals surface area (Å²) in [6.07, 6.45) is 5.04. The molecule has 11 heavy (non-hydrogen) atoms. The van der Waals surface area contributed by atoms with Crippen molar-refractivity contribution in [3.8, 4) is 12.3 Å². The van der Waals surface area contributed by atoms with Gasteiger partial charge < -0.3 is 10.1 Å². The van der Waals surface area contributed by atoms with E-state index in [2.05, 4.69) is 25.1 Å². The molecule has 0 amide bonds. The van der Waals surface area contributed by atoms with E-state index in [1.807, 2.05) is 0 Å². The molecule has 64 valence electrons. The van der Waals surface area contributed by atoms with Gasteiger partial charge in [-0.05, 0) is 5.92 Å². The van der Waals surface area contributed by atoms with Crippen molar-refractivity contribution in [3.63, 3.8) is 0 Å². The van der Waals surface area contributed by atoms with Crippen LogP contribution in [0.4, 0.5) is 0 Å². The summed E-state index contributed by atoms with van der Waals surface area (Å²) >= 11 is 0. The molecule has 0 aromatic rings. The highest BCUT2D eigenvalue weighted by Gasteiger charge is 1.91. The molecule has 1 N–H and O–H groups in total. The third-order valence-electron chi connectivity index (χ3n) is 1.10. The average molecular weight is 155 g/mol. The molecule has 0 atom stereocenters. The molecule has 0 aliphatic rings. The summed E-state index contributed by atoms with van der Waals surface area (Å²) in [6, 6.07) is 0. The topological polar surface area (TPSA) is 21.3 Å². The fourth-order valence-electron chi connectivity index (χ4n) is 0.624. The van der Waals surface area contributed by atoms with Crippen LogP contribution in [0, 0.1) is 18.3 Å². The molecular weight excluding hydrogens is 138 g/mol. The molecule has 0 aromatic heterocycles. The highest BCUT2D eigenvalue weighted by atomic mass is 16.5. The highest BCUT2D eigenvalue weighted by molar-refractivity contribution is 4.86. The summed E-state index contributed by atoms with van der Waals surface area (Å²) in [5, 5.41) is 3.05. The fourth-order valence-corrected chi connectivity index (χ4v) is 0.624. The Morgan fingerprint density at radius 2 is 2.27 bits per heavy atom. The van der Waals surface area contributed by atoms with E-state index in [0.717, 1.165) is 19.8 Å². The van der Waals surface area contributed by atoms with Crippen LogP contribution in [-0.2, 0) is 4.74 Å². The third-order valence-corrected chi connectivity index (χ3v) is 1.10. The zero-order chi connectivity index (χ0) is 8.53. The number of hydrogen-bond acceptors (Lipinski definition) is 2. The Labute approximate surface area is 69.3 Å². The van der Waals surface area contributed by atoms with Crippen LogP contribution in [0.1, 0.15) is 13.8 Å². The minimum atomic E-state index is 0.614. The summed E-state index contributed by atoms with van der Waals surface area (Å²) in [5.41, 5.74) is 0. The monoisotopic (exact) mass is 155 g/mol. The Hall–Kier alpha value is -0.520. The SMILES string of the molecule is C#CCNCCOCC(C)C. The number of hydrogen-bond donors (Lipinski definition) is 1. The molecule has 0 saturated carbocycles. The number of terminal acetylenes is 1. The van der Waals surface area contributed by atoms with Crippen LogP contribution in [-0.4, -0.2) is 26.3 Å². The lowest BCUT2D eigenvalue weighted by atomic mass is 10.2. The van der Waals surface area contributed by atoms with E-state index in [-0.39, 0.29) is 0 Å². The average Bonchev–Trinajstić information content (AvgIpc) is 1.96. The Bertz CT molecular complexity index is 115. The lowest BCUT2D eigenvalue weighted by molar-refractivity contribution is 0.112. The van der Waals surface area contributed by atoms with Crippen molar-refractivity contribution in [3.05, 3.63) is 0 Å². The molecule has 0 saturated heterocycles. The van der Waals surface area contributed by atoms with Gasteiger partial charge in [0, 0.05) is 13.2 Å². The maximum atomic E-state index is 5.31. The molecule has 0 heterocycles. The second kappa shape index (κ2) is 7.59. The van der Waals surface area contributed by atoms with E-state index in [9.17, 15) is 0 Å². The molecule has 0 bridgehead atoms. The van der Waals surface area contributed by atoms with Gasteiger partial charge in [0.1, 0.15) is 0 Å². The van der Waals surface area contributed by atoms with E-state index in [0.29, 0.717) is 12.5 Å². The zero-order valence-corrected chi connectivity index (χ0v) is 7.39. The Morgan fingerprint density at radius 3 is 2.82 bits per heavy atom. The Balaban J connectivity index is 2.86. The van der Waals surface area contributed by atoms with E-state index in [1.165, 1.54) is 0 Å². The van der Waals surface area contributed by atoms with E-state index in [1.54, 1.807) is 0 Å². The second-order valence-electron chi connectivity index (χ2n) is 2.85. The van der Waals surface area contributed by atoms with Crippen LogP contribution < -0.4 is 5.32 Å². The van der Waals surface area contributed by atoms with Crippen LogP contribution in [0.25, 0.3) is 0 Å². The number of ether oxygens (including phenoxy) is 1. The van der Waals surface area contributed by atoms with Gasteiger partial charge in [0.2, 0.25) is 0 Å². The summed E-state index contributed by atoms with van der Waals surface area (Å²) < 4.78 is 5.31. The van der Waals surface area contributed by atoms with Gasteiger partial charge in [-0.3, -0.25) is 0 Å². The lowest BCUT2D eigenvalue weighted by Gasteiger charge is -2.05. The zero-order valence-electron chi connectivity index (χ0n) is 7.39. The molecule has 0 spiro atoms. The fraction of sp³-hybridized carbons (Fsp3) is 0.778. The Kier molecular flexibility index (Phi) is 7.23. The minimum absolute atomic E-state index is 0.614. The first-order chi connectivity index (χ1) is 5.27.